The van der Waals surface area contributed by atoms with Crippen molar-refractivity contribution in [2.75, 3.05) is 6.86 Å². The topological polar surface area (TPSA) is 38.7 Å². The molecule has 0 aliphatic carbocycles. The third-order valence-electron chi connectivity index (χ3n) is 1.30. The Morgan fingerprint density at radius 3 is 2.92 bits per heavy atom. The SMILES string of the molecule is O=C=Nc1ccc(OCF)c(Cl)c1. The summed E-state index contributed by atoms with van der Waals surface area (Å²) in [5, 5.41) is 0.203. The Morgan fingerprint density at radius 1 is 1.62 bits per heavy atom. The monoisotopic (exact) mass is 201 g/mol. The molecule has 0 amide bonds. The van der Waals surface area contributed by atoms with Crippen molar-refractivity contribution in [2.45, 2.75) is 0 Å². The zero-order valence-electron chi connectivity index (χ0n) is 6.46. The average Bonchev–Trinajstić information content (AvgIpc) is 2.10. The molecule has 1 rings (SSSR count). The number of hydrogen-bond acceptors (Lipinski definition) is 3. The van der Waals surface area contributed by atoms with Gasteiger partial charge in [-0.05, 0) is 18.2 Å². The molecule has 1 aromatic carbocycles. The molecule has 1 aromatic rings. The molecule has 0 fully saturated rings. The number of hydrogen-bond donors (Lipinski definition) is 0. The minimum atomic E-state index is -0.948. The number of nitrogens with zero attached hydrogens (tertiary/aromatic N) is 1. The molecule has 0 saturated heterocycles. The van der Waals surface area contributed by atoms with E-state index in [0.29, 0.717) is 5.69 Å². The van der Waals surface area contributed by atoms with Crippen LogP contribution in [0.5, 0.6) is 5.75 Å². The molecule has 0 atom stereocenters. The van der Waals surface area contributed by atoms with Gasteiger partial charge in [-0.1, -0.05) is 11.6 Å². The Balaban J connectivity index is 2.97. The fourth-order valence-corrected chi connectivity index (χ4v) is 1.02. The molecule has 0 heterocycles. The van der Waals surface area contributed by atoms with Gasteiger partial charge in [-0.3, -0.25) is 0 Å². The van der Waals surface area contributed by atoms with Gasteiger partial charge in [-0.25, -0.2) is 9.18 Å². The molecule has 0 N–H and O–H groups in total. The molecule has 0 aromatic heterocycles. The largest absolute Gasteiger partial charge is 0.461 e. The highest BCUT2D eigenvalue weighted by Crippen LogP contribution is 2.28. The smallest absolute Gasteiger partial charge is 0.240 e. The van der Waals surface area contributed by atoms with Gasteiger partial charge in [0.2, 0.25) is 12.9 Å². The van der Waals surface area contributed by atoms with Crippen LogP contribution >= 0.6 is 11.6 Å². The van der Waals surface area contributed by atoms with E-state index in [4.69, 9.17) is 11.6 Å². The number of carbonyl (C=O) groups excluding carboxylic acids is 1. The van der Waals surface area contributed by atoms with E-state index in [-0.39, 0.29) is 10.8 Å². The molecule has 0 aliphatic rings. The molecular weight excluding hydrogens is 197 g/mol. The average molecular weight is 202 g/mol. The van der Waals surface area contributed by atoms with Gasteiger partial charge in [-0.2, -0.15) is 4.99 Å². The standard InChI is InChI=1S/C8H5ClFNO2/c9-7-3-6(11-5-12)1-2-8(7)13-4-10/h1-3H,4H2. The Labute approximate surface area is 78.8 Å². The summed E-state index contributed by atoms with van der Waals surface area (Å²) in [4.78, 5) is 13.2. The highest BCUT2D eigenvalue weighted by molar-refractivity contribution is 6.32. The van der Waals surface area contributed by atoms with Crippen molar-refractivity contribution in [1.29, 1.82) is 0 Å². The van der Waals surface area contributed by atoms with Gasteiger partial charge in [0.1, 0.15) is 5.75 Å². The van der Waals surface area contributed by atoms with Crippen LogP contribution in [0.4, 0.5) is 10.1 Å². The number of aliphatic imine (C=N–C) groups is 1. The number of isocyanates is 1. The molecule has 0 aliphatic heterocycles. The van der Waals surface area contributed by atoms with Crippen LogP contribution in [0.25, 0.3) is 0 Å². The van der Waals surface area contributed by atoms with E-state index in [1.807, 2.05) is 0 Å². The summed E-state index contributed by atoms with van der Waals surface area (Å²) in [5.41, 5.74) is 0.353. The summed E-state index contributed by atoms with van der Waals surface area (Å²) in [7, 11) is 0. The molecule has 68 valence electrons. The lowest BCUT2D eigenvalue weighted by Gasteiger charge is -2.02. The summed E-state index contributed by atoms with van der Waals surface area (Å²) in [6, 6.07) is 4.29. The zero-order valence-corrected chi connectivity index (χ0v) is 7.21. The Morgan fingerprint density at radius 2 is 2.38 bits per heavy atom. The summed E-state index contributed by atoms with van der Waals surface area (Å²) < 4.78 is 16.3. The van der Waals surface area contributed by atoms with E-state index in [9.17, 15) is 9.18 Å². The fraction of sp³-hybridized carbons (Fsp3) is 0.125. The highest BCUT2D eigenvalue weighted by atomic mass is 35.5. The maximum atomic E-state index is 11.7. The second kappa shape index (κ2) is 4.60. The fourth-order valence-electron chi connectivity index (χ4n) is 0.788. The Bertz CT molecular complexity index is 350. The maximum absolute atomic E-state index is 11.7. The third kappa shape index (κ3) is 2.54. The molecular formula is C8H5ClFNO2. The number of rotatable bonds is 3. The molecule has 13 heavy (non-hydrogen) atoms. The van der Waals surface area contributed by atoms with Crippen LogP contribution in [0.3, 0.4) is 0 Å². The Kier molecular flexibility index (Phi) is 3.43. The number of ether oxygens (including phenoxy) is 1. The first-order chi connectivity index (χ1) is 6.27. The van der Waals surface area contributed by atoms with Gasteiger partial charge >= 0.3 is 0 Å². The predicted octanol–water partition coefficient (Wildman–Crippen LogP) is 2.61. The van der Waals surface area contributed by atoms with Gasteiger partial charge < -0.3 is 4.74 Å². The normalized spacial score (nSPS) is 9.08. The molecule has 0 bridgehead atoms. The van der Waals surface area contributed by atoms with Crippen molar-refractivity contribution in [3.8, 4) is 5.75 Å². The minimum Gasteiger partial charge on any atom is -0.461 e. The summed E-state index contributed by atoms with van der Waals surface area (Å²) in [6.45, 7) is -0.948. The van der Waals surface area contributed by atoms with Gasteiger partial charge in [0.05, 0.1) is 10.7 Å². The van der Waals surface area contributed by atoms with Crippen LogP contribution in [0, 0.1) is 0 Å². The lowest BCUT2D eigenvalue weighted by molar-refractivity contribution is 0.192. The van der Waals surface area contributed by atoms with Crippen molar-refractivity contribution in [3.05, 3.63) is 23.2 Å². The van der Waals surface area contributed by atoms with E-state index in [1.54, 1.807) is 0 Å². The highest BCUT2D eigenvalue weighted by Gasteiger charge is 2.01. The van der Waals surface area contributed by atoms with E-state index < -0.39 is 6.86 Å². The van der Waals surface area contributed by atoms with Crippen LogP contribution in [-0.4, -0.2) is 12.9 Å². The second-order valence-corrected chi connectivity index (χ2v) is 2.48. The molecule has 0 saturated carbocycles. The minimum absolute atomic E-state index is 0.203. The third-order valence-corrected chi connectivity index (χ3v) is 1.60. The second-order valence-electron chi connectivity index (χ2n) is 2.07. The summed E-state index contributed by atoms with van der Waals surface area (Å²) in [5.74, 6) is 0.217. The molecule has 5 heteroatoms. The molecule has 0 spiro atoms. The van der Waals surface area contributed by atoms with Crippen LogP contribution in [0.15, 0.2) is 23.2 Å². The van der Waals surface area contributed by atoms with Crippen molar-refractivity contribution in [1.82, 2.24) is 0 Å². The van der Waals surface area contributed by atoms with Gasteiger partial charge in [0.15, 0.2) is 0 Å². The van der Waals surface area contributed by atoms with E-state index in [1.165, 1.54) is 24.3 Å². The van der Waals surface area contributed by atoms with Gasteiger partial charge in [0.25, 0.3) is 0 Å². The zero-order chi connectivity index (χ0) is 9.68. The first-order valence-electron chi connectivity index (χ1n) is 3.34. The first kappa shape index (κ1) is 9.71. The Hall–Kier alpha value is -1.38. The number of halogens is 2. The number of benzene rings is 1. The lowest BCUT2D eigenvalue weighted by Crippen LogP contribution is -1.89. The first-order valence-corrected chi connectivity index (χ1v) is 3.72. The van der Waals surface area contributed by atoms with Crippen molar-refractivity contribution in [2.24, 2.45) is 4.99 Å². The van der Waals surface area contributed by atoms with Crippen LogP contribution in [0.2, 0.25) is 5.02 Å². The number of alkyl halides is 1. The van der Waals surface area contributed by atoms with Crippen LogP contribution < -0.4 is 4.74 Å². The molecule has 0 radical (unpaired) electrons. The van der Waals surface area contributed by atoms with E-state index in [2.05, 4.69) is 9.73 Å². The maximum Gasteiger partial charge on any atom is 0.240 e. The quantitative estimate of drug-likeness (QED) is 0.557. The van der Waals surface area contributed by atoms with E-state index >= 15 is 0 Å². The van der Waals surface area contributed by atoms with Gasteiger partial charge in [-0.15, -0.1) is 0 Å². The molecule has 3 nitrogen and oxygen atoms in total. The van der Waals surface area contributed by atoms with Crippen molar-refractivity contribution in [3.63, 3.8) is 0 Å². The summed E-state index contributed by atoms with van der Waals surface area (Å²) in [6.07, 6.45) is 1.36. The van der Waals surface area contributed by atoms with Crippen LogP contribution in [-0.2, 0) is 4.79 Å². The van der Waals surface area contributed by atoms with Crippen molar-refractivity contribution >= 4 is 23.4 Å². The summed E-state index contributed by atoms with van der Waals surface area (Å²) >= 11 is 5.66. The van der Waals surface area contributed by atoms with Gasteiger partial charge in [0, 0.05) is 0 Å². The molecule has 0 unspecified atom stereocenters. The lowest BCUT2D eigenvalue weighted by atomic mass is 10.3. The van der Waals surface area contributed by atoms with Crippen LogP contribution in [0.1, 0.15) is 0 Å². The predicted molar refractivity (Wildman–Crippen MR) is 45.8 cm³/mol. The van der Waals surface area contributed by atoms with E-state index in [0.717, 1.165) is 0 Å². The van der Waals surface area contributed by atoms with Crippen molar-refractivity contribution < 1.29 is 13.9 Å².